The van der Waals surface area contributed by atoms with Gasteiger partial charge in [-0.25, -0.2) is 0 Å². The van der Waals surface area contributed by atoms with Gasteiger partial charge in [-0.1, -0.05) is 119 Å². The fourth-order valence-corrected chi connectivity index (χ4v) is 11.8. The number of para-hydroxylation sites is 1. The van der Waals surface area contributed by atoms with Crippen molar-refractivity contribution in [1.82, 2.24) is 9.13 Å². The fourth-order valence-electron chi connectivity index (χ4n) is 11.8. The number of fused-ring (bicyclic) bond motifs is 12. The lowest BCUT2D eigenvalue weighted by Gasteiger charge is -2.26. The predicted octanol–water partition coefficient (Wildman–Crippen LogP) is 16.8. The molecule has 0 fully saturated rings. The van der Waals surface area contributed by atoms with E-state index in [-0.39, 0.29) is 28.5 Å². The Kier molecular flexibility index (Phi) is 8.78. The Hall–Kier alpha value is -7.06. The Balaban J connectivity index is 1.08. The molecule has 0 spiro atoms. The van der Waals surface area contributed by atoms with Crippen molar-refractivity contribution in [2.45, 2.75) is 70.3 Å². The molecule has 1 unspecified atom stereocenters. The van der Waals surface area contributed by atoms with Gasteiger partial charge in [0.15, 0.2) is 0 Å². The minimum absolute atomic E-state index is 0.0702. The van der Waals surface area contributed by atoms with Gasteiger partial charge in [-0.15, -0.1) is 0 Å². The number of benzene rings is 8. The Labute approximate surface area is 383 Å². The first-order valence-electron chi connectivity index (χ1n) is 22.8. The van der Waals surface area contributed by atoms with Gasteiger partial charge in [0.05, 0.1) is 27.8 Å². The van der Waals surface area contributed by atoms with E-state index >= 15 is 0 Å². The molecule has 332 valence electrons. The van der Waals surface area contributed by atoms with Crippen molar-refractivity contribution in [2.24, 2.45) is 0 Å². The number of rotatable bonds is 6. The maximum absolute atomic E-state index is 14.9. The van der Waals surface area contributed by atoms with E-state index in [2.05, 4.69) is 111 Å². The highest BCUT2D eigenvalue weighted by Crippen LogP contribution is 2.54. The van der Waals surface area contributed by atoms with Gasteiger partial charge in [0, 0.05) is 50.0 Å². The molecular weight excluding hydrogens is 851 g/mol. The summed E-state index contributed by atoms with van der Waals surface area (Å²) < 4.78 is 91.3. The van der Waals surface area contributed by atoms with E-state index < -0.39 is 23.5 Å². The molecule has 8 heteroatoms. The first-order valence-corrected chi connectivity index (χ1v) is 22.8. The van der Waals surface area contributed by atoms with E-state index in [0.29, 0.717) is 17.6 Å². The molecule has 2 heterocycles. The molecule has 2 aliphatic carbocycles. The van der Waals surface area contributed by atoms with Crippen LogP contribution in [-0.4, -0.2) is 9.13 Å². The van der Waals surface area contributed by atoms with Crippen LogP contribution in [0.3, 0.4) is 0 Å². The lowest BCUT2D eigenvalue weighted by molar-refractivity contribution is -0.138. The summed E-state index contributed by atoms with van der Waals surface area (Å²) in [5.74, 6) is 0. The van der Waals surface area contributed by atoms with Gasteiger partial charge in [0.1, 0.15) is 0 Å². The van der Waals surface area contributed by atoms with Gasteiger partial charge in [0.2, 0.25) is 0 Å². The first-order chi connectivity index (χ1) is 32.1. The zero-order chi connectivity index (χ0) is 46.4. The molecule has 0 N–H and O–H groups in total. The standard InChI is InChI=1S/C59H44F6N2/c1-5-57(4)47-19-11-8-16-38(47)40-31-44-42-29-36(23-25-52(42)67(55(44)33-50(40)57)53-21-13-12-20-48(53)59(63,64)65)35-22-24-51-41(28-35)43-30-39-37-15-7-10-18-46(37)56(2,3)49(39)32-54(43)66(51)27-26-34-14-6-9-17-45(34)58(60,61)62/h6-25,28-33H,5,26-27H2,1-4H3. The third kappa shape index (κ3) is 5.97. The van der Waals surface area contributed by atoms with Crippen molar-refractivity contribution in [3.63, 3.8) is 0 Å². The summed E-state index contributed by atoms with van der Waals surface area (Å²) in [6, 6.07) is 49.5. The van der Waals surface area contributed by atoms with Gasteiger partial charge >= 0.3 is 12.4 Å². The van der Waals surface area contributed by atoms with Crippen LogP contribution in [0.1, 0.15) is 73.1 Å². The average Bonchev–Trinajstić information content (AvgIpc) is 3.97. The number of hydrogen-bond acceptors (Lipinski definition) is 0. The van der Waals surface area contributed by atoms with Crippen molar-refractivity contribution in [2.75, 3.05) is 0 Å². The van der Waals surface area contributed by atoms with Crippen molar-refractivity contribution >= 4 is 43.6 Å². The van der Waals surface area contributed by atoms with Crippen LogP contribution in [0.4, 0.5) is 26.3 Å². The molecule has 0 amide bonds. The minimum atomic E-state index is -4.58. The predicted molar refractivity (Wildman–Crippen MR) is 259 cm³/mol. The SMILES string of the molecule is CCC1(C)c2ccccc2-c2cc3c4cc(-c5ccc6c(c5)c5cc7c(cc5n6CCc5ccccc5C(F)(F)F)C(C)(C)c5ccccc5-7)ccc4n(-c4ccccc4C(F)(F)F)c3cc21. The number of halogens is 6. The quantitative estimate of drug-likeness (QED) is 0.147. The number of nitrogens with zero attached hydrogens (tertiary/aromatic N) is 2. The van der Waals surface area contributed by atoms with Crippen LogP contribution in [-0.2, 0) is 36.1 Å². The molecule has 0 aliphatic heterocycles. The van der Waals surface area contributed by atoms with E-state index in [1.165, 1.54) is 34.4 Å². The van der Waals surface area contributed by atoms with Crippen LogP contribution >= 0.6 is 0 Å². The molecule has 0 bridgehead atoms. The average molecular weight is 895 g/mol. The summed E-state index contributed by atoms with van der Waals surface area (Å²) in [5.41, 5.74) is 12.6. The highest BCUT2D eigenvalue weighted by atomic mass is 19.4. The molecular formula is C59H44F6N2. The third-order valence-electron chi connectivity index (χ3n) is 15.3. The lowest BCUT2D eigenvalue weighted by Crippen LogP contribution is -2.19. The van der Waals surface area contributed by atoms with E-state index in [1.807, 2.05) is 30.3 Å². The first kappa shape index (κ1) is 41.4. The van der Waals surface area contributed by atoms with Crippen LogP contribution in [0.5, 0.6) is 0 Å². The van der Waals surface area contributed by atoms with E-state index in [9.17, 15) is 26.3 Å². The maximum atomic E-state index is 14.9. The number of aryl methyl sites for hydroxylation is 2. The van der Waals surface area contributed by atoms with Crippen LogP contribution in [0.15, 0.2) is 158 Å². The lowest BCUT2D eigenvalue weighted by atomic mass is 9.78. The number of alkyl halides is 6. The molecule has 2 aliphatic rings. The van der Waals surface area contributed by atoms with Crippen molar-refractivity contribution < 1.29 is 26.3 Å². The van der Waals surface area contributed by atoms with Crippen LogP contribution < -0.4 is 0 Å². The highest BCUT2D eigenvalue weighted by molar-refractivity contribution is 6.14. The molecule has 67 heavy (non-hydrogen) atoms. The summed E-state index contributed by atoms with van der Waals surface area (Å²) in [6.07, 6.45) is -8.06. The summed E-state index contributed by atoms with van der Waals surface area (Å²) in [5, 5.41) is 3.66. The zero-order valence-electron chi connectivity index (χ0n) is 37.3. The molecule has 2 aromatic heterocycles. The van der Waals surface area contributed by atoms with E-state index in [0.717, 1.165) is 84.5 Å². The molecule has 10 aromatic rings. The topological polar surface area (TPSA) is 9.86 Å². The number of hydrogen-bond donors (Lipinski definition) is 0. The second-order valence-corrected chi connectivity index (χ2v) is 19.1. The van der Waals surface area contributed by atoms with Gasteiger partial charge < -0.3 is 9.13 Å². The summed E-state index contributed by atoms with van der Waals surface area (Å²) >= 11 is 0. The second-order valence-electron chi connectivity index (χ2n) is 19.1. The maximum Gasteiger partial charge on any atom is 0.418 e. The Morgan fingerprint density at radius 1 is 0.448 bits per heavy atom. The molecule has 2 nitrogen and oxygen atoms in total. The van der Waals surface area contributed by atoms with Crippen molar-refractivity contribution in [3.8, 4) is 39.1 Å². The third-order valence-corrected chi connectivity index (χ3v) is 15.3. The number of aromatic nitrogens is 2. The van der Waals surface area contributed by atoms with Crippen LogP contribution in [0.2, 0.25) is 0 Å². The molecule has 0 saturated carbocycles. The van der Waals surface area contributed by atoms with Gasteiger partial charge in [-0.3, -0.25) is 0 Å². The van der Waals surface area contributed by atoms with Crippen LogP contribution in [0, 0.1) is 0 Å². The molecule has 1 atom stereocenters. The minimum Gasteiger partial charge on any atom is -0.340 e. The fraction of sp³-hybridized carbons (Fsp3) is 0.186. The normalized spacial score (nSPS) is 16.3. The van der Waals surface area contributed by atoms with Gasteiger partial charge in [-0.05, 0) is 141 Å². The van der Waals surface area contributed by atoms with Crippen LogP contribution in [0.25, 0.3) is 82.7 Å². The zero-order valence-corrected chi connectivity index (χ0v) is 37.3. The molecule has 0 saturated heterocycles. The highest BCUT2D eigenvalue weighted by Gasteiger charge is 2.40. The summed E-state index contributed by atoms with van der Waals surface area (Å²) in [4.78, 5) is 0. The Morgan fingerprint density at radius 2 is 0.970 bits per heavy atom. The Bertz CT molecular complexity index is 3710. The van der Waals surface area contributed by atoms with Crippen molar-refractivity contribution in [3.05, 3.63) is 197 Å². The monoisotopic (exact) mass is 894 g/mol. The summed E-state index contributed by atoms with van der Waals surface area (Å²) in [7, 11) is 0. The smallest absolute Gasteiger partial charge is 0.340 e. The molecule has 12 rings (SSSR count). The second kappa shape index (κ2) is 14.2. The summed E-state index contributed by atoms with van der Waals surface area (Å²) in [6.45, 7) is 9.15. The largest absolute Gasteiger partial charge is 0.418 e. The van der Waals surface area contributed by atoms with Gasteiger partial charge in [0.25, 0.3) is 0 Å². The van der Waals surface area contributed by atoms with E-state index in [4.69, 9.17) is 0 Å². The van der Waals surface area contributed by atoms with E-state index in [1.54, 1.807) is 28.8 Å². The Morgan fingerprint density at radius 3 is 1.66 bits per heavy atom. The molecule has 8 aromatic carbocycles. The molecule has 0 radical (unpaired) electrons. The van der Waals surface area contributed by atoms with Crippen molar-refractivity contribution in [1.29, 1.82) is 0 Å². The van der Waals surface area contributed by atoms with Gasteiger partial charge in [-0.2, -0.15) is 26.3 Å².